The molecule has 0 radical (unpaired) electrons. The van der Waals surface area contributed by atoms with Crippen LogP contribution < -0.4 is 0 Å². The molecule has 4 aromatic heterocycles. The number of allylic oxidation sites excluding steroid dienone is 1. The highest BCUT2D eigenvalue weighted by atomic mass is 32.2. The molecule has 0 bridgehead atoms. The van der Waals surface area contributed by atoms with Crippen molar-refractivity contribution in [1.82, 2.24) is 29.9 Å². The second-order valence-corrected chi connectivity index (χ2v) is 6.94. The number of aromatic nitrogens is 6. The molecule has 8 nitrogen and oxygen atoms in total. The van der Waals surface area contributed by atoms with Crippen molar-refractivity contribution < 1.29 is 8.94 Å². The Morgan fingerprint density at radius 2 is 2.07 bits per heavy atom. The summed E-state index contributed by atoms with van der Waals surface area (Å²) < 4.78 is 12.8. The van der Waals surface area contributed by atoms with Gasteiger partial charge in [0.15, 0.2) is 10.9 Å². The van der Waals surface area contributed by atoms with Crippen LogP contribution in [0.5, 0.6) is 0 Å². The fourth-order valence-electron chi connectivity index (χ4n) is 2.64. The van der Waals surface area contributed by atoms with Crippen LogP contribution in [-0.4, -0.2) is 35.6 Å². The highest BCUT2D eigenvalue weighted by Gasteiger charge is 2.15. The summed E-state index contributed by atoms with van der Waals surface area (Å²) in [5, 5.41) is 13.4. The fourth-order valence-corrected chi connectivity index (χ4v) is 3.53. The molecule has 0 saturated heterocycles. The van der Waals surface area contributed by atoms with Gasteiger partial charge in [0.25, 0.3) is 0 Å². The van der Waals surface area contributed by atoms with Crippen LogP contribution in [-0.2, 0) is 13.0 Å². The van der Waals surface area contributed by atoms with E-state index in [0.717, 1.165) is 22.9 Å². The molecule has 0 fully saturated rings. The molecule has 9 heteroatoms. The Kier molecular flexibility index (Phi) is 5.62. The number of hydrogen-bond donors (Lipinski definition) is 0. The average molecular weight is 394 g/mol. The standard InChI is InChI=1S/C19H18N6O2S/c1-2-11-25-18(15-5-3-12-26-15)22-23-19(25)28-13-4-6-16-21-17(24-27-16)14-7-9-20-10-8-14/h2-3,5,7-10,12H,1,4,6,11,13H2. The number of pyridine rings is 1. The van der Waals surface area contributed by atoms with Gasteiger partial charge in [-0.3, -0.25) is 9.55 Å². The number of hydrogen-bond acceptors (Lipinski definition) is 8. The van der Waals surface area contributed by atoms with Crippen molar-refractivity contribution >= 4 is 11.8 Å². The van der Waals surface area contributed by atoms with Crippen LogP contribution in [0.3, 0.4) is 0 Å². The molecule has 4 aromatic rings. The lowest BCUT2D eigenvalue weighted by Gasteiger charge is -2.05. The van der Waals surface area contributed by atoms with E-state index in [9.17, 15) is 0 Å². The molecular formula is C19H18N6O2S. The molecule has 4 rings (SSSR count). The Morgan fingerprint density at radius 3 is 2.86 bits per heavy atom. The molecule has 0 atom stereocenters. The molecular weight excluding hydrogens is 376 g/mol. The van der Waals surface area contributed by atoms with Gasteiger partial charge in [0.1, 0.15) is 0 Å². The Morgan fingerprint density at radius 1 is 1.18 bits per heavy atom. The van der Waals surface area contributed by atoms with E-state index >= 15 is 0 Å². The molecule has 0 N–H and O–H groups in total. The lowest BCUT2D eigenvalue weighted by atomic mass is 10.2. The average Bonchev–Trinajstić information content (AvgIpc) is 3.48. The van der Waals surface area contributed by atoms with E-state index in [1.807, 2.05) is 34.9 Å². The molecule has 0 aromatic carbocycles. The number of nitrogens with zero attached hydrogens (tertiary/aromatic N) is 6. The van der Waals surface area contributed by atoms with Crippen LogP contribution in [0.25, 0.3) is 23.0 Å². The second kappa shape index (κ2) is 8.66. The number of thioether (sulfide) groups is 1. The van der Waals surface area contributed by atoms with E-state index in [1.165, 1.54) is 0 Å². The van der Waals surface area contributed by atoms with E-state index in [-0.39, 0.29) is 0 Å². The minimum atomic E-state index is 0.582. The normalized spacial score (nSPS) is 11.0. The third kappa shape index (κ3) is 4.04. The summed E-state index contributed by atoms with van der Waals surface area (Å²) in [4.78, 5) is 8.43. The molecule has 0 amide bonds. The van der Waals surface area contributed by atoms with Gasteiger partial charge in [-0.25, -0.2) is 0 Å². The smallest absolute Gasteiger partial charge is 0.226 e. The summed E-state index contributed by atoms with van der Waals surface area (Å²) in [5.74, 6) is 3.44. The molecule has 0 aliphatic carbocycles. The lowest BCUT2D eigenvalue weighted by Crippen LogP contribution is -2.00. The van der Waals surface area contributed by atoms with Gasteiger partial charge in [-0.1, -0.05) is 23.0 Å². The Balaban J connectivity index is 1.35. The summed E-state index contributed by atoms with van der Waals surface area (Å²) in [5.41, 5.74) is 0.891. The van der Waals surface area contributed by atoms with Crippen LogP contribution in [0.4, 0.5) is 0 Å². The first kappa shape index (κ1) is 18.2. The minimum absolute atomic E-state index is 0.582. The Labute approximate surface area is 165 Å². The zero-order chi connectivity index (χ0) is 19.2. The first-order valence-electron chi connectivity index (χ1n) is 8.79. The maximum absolute atomic E-state index is 5.44. The molecule has 4 heterocycles. The summed E-state index contributed by atoms with van der Waals surface area (Å²) in [6, 6.07) is 7.41. The summed E-state index contributed by atoms with van der Waals surface area (Å²) in [6.07, 6.45) is 8.43. The highest BCUT2D eigenvalue weighted by Crippen LogP contribution is 2.25. The quantitative estimate of drug-likeness (QED) is 0.240. The van der Waals surface area contributed by atoms with Gasteiger partial charge in [-0.2, -0.15) is 4.98 Å². The third-order valence-corrected chi connectivity index (χ3v) is 5.00. The first-order chi connectivity index (χ1) is 13.8. The predicted octanol–water partition coefficient (Wildman–Crippen LogP) is 3.89. The summed E-state index contributed by atoms with van der Waals surface area (Å²) in [6.45, 7) is 4.43. The SMILES string of the molecule is C=CCn1c(SCCCc2nc(-c3ccncc3)no2)nnc1-c1ccco1. The number of aryl methyl sites for hydroxylation is 1. The monoisotopic (exact) mass is 394 g/mol. The Hall–Kier alpha value is -3.20. The lowest BCUT2D eigenvalue weighted by molar-refractivity contribution is 0.378. The Bertz CT molecular complexity index is 1030. The first-order valence-corrected chi connectivity index (χ1v) is 9.77. The van der Waals surface area contributed by atoms with Crippen molar-refractivity contribution in [1.29, 1.82) is 0 Å². The minimum Gasteiger partial charge on any atom is -0.461 e. The van der Waals surface area contributed by atoms with Crippen molar-refractivity contribution in [2.75, 3.05) is 5.75 Å². The molecule has 0 spiro atoms. The van der Waals surface area contributed by atoms with Crippen LogP contribution in [0.2, 0.25) is 0 Å². The zero-order valence-corrected chi connectivity index (χ0v) is 15.9. The van der Waals surface area contributed by atoms with Gasteiger partial charge in [-0.15, -0.1) is 16.8 Å². The van der Waals surface area contributed by atoms with Crippen LogP contribution >= 0.6 is 11.8 Å². The summed E-state index contributed by atoms with van der Waals surface area (Å²) in [7, 11) is 0. The number of rotatable bonds is 9. The molecule has 0 unspecified atom stereocenters. The fraction of sp³-hybridized carbons (Fsp3) is 0.211. The van der Waals surface area contributed by atoms with Gasteiger partial charge in [0.2, 0.25) is 17.5 Å². The third-order valence-electron chi connectivity index (χ3n) is 3.94. The van der Waals surface area contributed by atoms with E-state index < -0.39 is 0 Å². The van der Waals surface area contributed by atoms with E-state index in [4.69, 9.17) is 8.94 Å². The molecule has 0 saturated carbocycles. The number of furan rings is 1. The highest BCUT2D eigenvalue weighted by molar-refractivity contribution is 7.99. The zero-order valence-electron chi connectivity index (χ0n) is 15.1. The van der Waals surface area contributed by atoms with Crippen molar-refractivity contribution in [3.8, 4) is 23.0 Å². The molecule has 0 aliphatic rings. The van der Waals surface area contributed by atoms with Crippen LogP contribution in [0.1, 0.15) is 12.3 Å². The van der Waals surface area contributed by atoms with Gasteiger partial charge >= 0.3 is 0 Å². The van der Waals surface area contributed by atoms with Crippen molar-refractivity contribution in [2.45, 2.75) is 24.5 Å². The maximum Gasteiger partial charge on any atom is 0.226 e. The van der Waals surface area contributed by atoms with Crippen molar-refractivity contribution in [2.24, 2.45) is 0 Å². The van der Waals surface area contributed by atoms with E-state index in [0.29, 0.717) is 36.3 Å². The topological polar surface area (TPSA) is 95.7 Å². The van der Waals surface area contributed by atoms with E-state index in [1.54, 1.807) is 30.4 Å². The largest absolute Gasteiger partial charge is 0.461 e. The van der Waals surface area contributed by atoms with Crippen molar-refractivity contribution in [3.05, 3.63) is 61.5 Å². The van der Waals surface area contributed by atoms with Crippen molar-refractivity contribution in [3.63, 3.8) is 0 Å². The van der Waals surface area contributed by atoms with E-state index in [2.05, 4.69) is 31.9 Å². The van der Waals surface area contributed by atoms with Gasteiger partial charge < -0.3 is 8.94 Å². The maximum atomic E-state index is 5.44. The molecule has 28 heavy (non-hydrogen) atoms. The molecule has 142 valence electrons. The van der Waals surface area contributed by atoms with Gasteiger partial charge in [0, 0.05) is 36.7 Å². The van der Waals surface area contributed by atoms with Crippen LogP contribution in [0.15, 0.2) is 69.7 Å². The van der Waals surface area contributed by atoms with Gasteiger partial charge in [-0.05, 0) is 30.7 Å². The molecule has 0 aliphatic heterocycles. The van der Waals surface area contributed by atoms with Gasteiger partial charge in [0.05, 0.1) is 6.26 Å². The predicted molar refractivity (Wildman–Crippen MR) is 104 cm³/mol. The second-order valence-electron chi connectivity index (χ2n) is 5.88. The summed E-state index contributed by atoms with van der Waals surface area (Å²) >= 11 is 1.63. The van der Waals surface area contributed by atoms with Crippen LogP contribution in [0, 0.1) is 0 Å².